The number of rotatable bonds is 7. The highest BCUT2D eigenvalue weighted by Crippen LogP contribution is 2.19. The molecule has 0 aliphatic rings. The van der Waals surface area contributed by atoms with Crippen molar-refractivity contribution in [3.8, 4) is 5.75 Å². The van der Waals surface area contributed by atoms with E-state index in [2.05, 4.69) is 13.8 Å². The van der Waals surface area contributed by atoms with Gasteiger partial charge in [0.25, 0.3) is 0 Å². The maximum Gasteiger partial charge on any atom is 0.323 e. The Hall–Kier alpha value is -1.26. The highest BCUT2D eigenvalue weighted by atomic mass is 35.5. The molecule has 0 saturated carbocycles. The fourth-order valence-corrected chi connectivity index (χ4v) is 1.84. The summed E-state index contributed by atoms with van der Waals surface area (Å²) in [4.78, 5) is 11.6. The van der Waals surface area contributed by atoms with Crippen molar-refractivity contribution in [2.24, 2.45) is 11.7 Å². The van der Waals surface area contributed by atoms with E-state index in [1.54, 1.807) is 6.92 Å². The summed E-state index contributed by atoms with van der Waals surface area (Å²) in [5.74, 6) is 0.824. The summed E-state index contributed by atoms with van der Waals surface area (Å²) < 4.78 is 11.3. The van der Waals surface area contributed by atoms with E-state index in [-0.39, 0.29) is 24.6 Å². The lowest BCUT2D eigenvalue weighted by molar-refractivity contribution is -0.154. The van der Waals surface area contributed by atoms with Gasteiger partial charge in [0, 0.05) is 0 Å². The first-order valence-corrected chi connectivity index (χ1v) is 7.08. The second-order valence-corrected chi connectivity index (χ2v) is 5.53. The van der Waals surface area contributed by atoms with Crippen LogP contribution in [0.15, 0.2) is 30.3 Å². The molecule has 0 aliphatic carbocycles. The molecule has 0 aromatic heterocycles. The predicted molar refractivity (Wildman–Crippen MR) is 86.8 cm³/mol. The van der Waals surface area contributed by atoms with Crippen molar-refractivity contribution in [1.82, 2.24) is 0 Å². The van der Waals surface area contributed by atoms with Crippen LogP contribution < -0.4 is 10.5 Å². The summed E-state index contributed by atoms with van der Waals surface area (Å²) in [6.45, 7) is 7.68. The number of hydrogen-bond acceptors (Lipinski definition) is 4. The van der Waals surface area contributed by atoms with Gasteiger partial charge in [0.05, 0.1) is 0 Å². The summed E-state index contributed by atoms with van der Waals surface area (Å²) >= 11 is 0. The molecule has 0 radical (unpaired) electrons. The largest absolute Gasteiger partial charge is 0.487 e. The minimum absolute atomic E-state index is 0. The van der Waals surface area contributed by atoms with Gasteiger partial charge in [-0.2, -0.15) is 0 Å². The number of para-hydroxylation sites is 1. The first-order chi connectivity index (χ1) is 9.40. The molecule has 21 heavy (non-hydrogen) atoms. The van der Waals surface area contributed by atoms with Crippen LogP contribution in [0, 0.1) is 5.92 Å². The van der Waals surface area contributed by atoms with Gasteiger partial charge in [-0.25, -0.2) is 0 Å². The van der Waals surface area contributed by atoms with E-state index in [4.69, 9.17) is 15.2 Å². The third-order valence-corrected chi connectivity index (χ3v) is 2.93. The molecule has 2 N–H and O–H groups in total. The van der Waals surface area contributed by atoms with E-state index in [1.807, 2.05) is 37.3 Å². The van der Waals surface area contributed by atoms with E-state index < -0.39 is 12.0 Å². The SMILES string of the molecule is CC(C)C[C@@H](Oc1ccccc1)[C@H](C)OC(=O)[C@H](C)N.Cl. The number of nitrogens with two attached hydrogens (primary N) is 1. The Morgan fingerprint density at radius 2 is 1.71 bits per heavy atom. The molecule has 0 amide bonds. The van der Waals surface area contributed by atoms with Gasteiger partial charge in [0.2, 0.25) is 0 Å². The Morgan fingerprint density at radius 1 is 1.14 bits per heavy atom. The molecule has 0 aliphatic heterocycles. The first-order valence-electron chi connectivity index (χ1n) is 7.08. The third kappa shape index (κ3) is 7.34. The zero-order chi connectivity index (χ0) is 15.1. The van der Waals surface area contributed by atoms with Gasteiger partial charge in [0.15, 0.2) is 0 Å². The van der Waals surface area contributed by atoms with Crippen LogP contribution in [0.2, 0.25) is 0 Å². The lowest BCUT2D eigenvalue weighted by Gasteiger charge is -2.27. The van der Waals surface area contributed by atoms with E-state index in [1.165, 1.54) is 0 Å². The molecule has 0 unspecified atom stereocenters. The lowest BCUT2D eigenvalue weighted by Crippen LogP contribution is -2.39. The molecule has 1 rings (SSSR count). The smallest absolute Gasteiger partial charge is 0.323 e. The number of carbonyl (C=O) groups excluding carboxylic acids is 1. The Morgan fingerprint density at radius 3 is 2.19 bits per heavy atom. The van der Waals surface area contributed by atoms with Crippen molar-refractivity contribution >= 4 is 18.4 Å². The number of esters is 1. The Bertz CT molecular complexity index is 409. The Labute approximate surface area is 133 Å². The highest BCUT2D eigenvalue weighted by molar-refractivity contribution is 5.85. The Kier molecular flexibility index (Phi) is 9.06. The van der Waals surface area contributed by atoms with Crippen molar-refractivity contribution in [1.29, 1.82) is 0 Å². The predicted octanol–water partition coefficient (Wildman–Crippen LogP) is 3.18. The molecule has 0 saturated heterocycles. The number of halogens is 1. The first kappa shape index (κ1) is 19.7. The average molecular weight is 316 g/mol. The molecule has 1 aromatic rings. The maximum absolute atomic E-state index is 11.6. The molecular weight excluding hydrogens is 290 g/mol. The summed E-state index contributed by atoms with van der Waals surface area (Å²) in [6, 6.07) is 8.94. The second kappa shape index (κ2) is 9.64. The van der Waals surface area contributed by atoms with Gasteiger partial charge < -0.3 is 15.2 Å². The highest BCUT2D eigenvalue weighted by Gasteiger charge is 2.25. The van der Waals surface area contributed by atoms with Crippen LogP contribution in [0.3, 0.4) is 0 Å². The topological polar surface area (TPSA) is 61.5 Å². The van der Waals surface area contributed by atoms with Crippen LogP contribution in [-0.2, 0) is 9.53 Å². The van der Waals surface area contributed by atoms with Gasteiger partial charge in [-0.1, -0.05) is 32.0 Å². The third-order valence-electron chi connectivity index (χ3n) is 2.93. The minimum Gasteiger partial charge on any atom is -0.487 e. The normalized spacial score (nSPS) is 14.8. The van der Waals surface area contributed by atoms with Crippen LogP contribution in [0.1, 0.15) is 34.1 Å². The fraction of sp³-hybridized carbons (Fsp3) is 0.562. The zero-order valence-corrected chi connectivity index (χ0v) is 13.9. The second-order valence-electron chi connectivity index (χ2n) is 5.53. The van der Waals surface area contributed by atoms with E-state index >= 15 is 0 Å². The molecule has 4 nitrogen and oxygen atoms in total. The average Bonchev–Trinajstić information content (AvgIpc) is 2.38. The van der Waals surface area contributed by atoms with Gasteiger partial charge in [0.1, 0.15) is 24.0 Å². The fourth-order valence-electron chi connectivity index (χ4n) is 1.84. The molecule has 120 valence electrons. The van der Waals surface area contributed by atoms with Crippen LogP contribution >= 0.6 is 12.4 Å². The minimum atomic E-state index is -0.617. The Balaban J connectivity index is 0.00000400. The van der Waals surface area contributed by atoms with Gasteiger partial charge in [-0.3, -0.25) is 4.79 Å². The quantitative estimate of drug-likeness (QED) is 0.785. The summed E-state index contributed by atoms with van der Waals surface area (Å²) in [7, 11) is 0. The lowest BCUT2D eigenvalue weighted by atomic mass is 10.0. The molecule has 5 heteroatoms. The molecule has 3 atom stereocenters. The summed E-state index contributed by atoms with van der Waals surface area (Å²) in [6.07, 6.45) is 0.290. The molecule has 0 heterocycles. The van der Waals surface area contributed by atoms with Gasteiger partial charge in [-0.05, 0) is 38.3 Å². The molecule has 1 aromatic carbocycles. The summed E-state index contributed by atoms with van der Waals surface area (Å²) in [5.41, 5.74) is 5.52. The van der Waals surface area contributed by atoms with Crippen LogP contribution in [0.5, 0.6) is 5.75 Å². The van der Waals surface area contributed by atoms with Crippen molar-refractivity contribution in [3.05, 3.63) is 30.3 Å². The number of carbonyl (C=O) groups is 1. The number of hydrogen-bond donors (Lipinski definition) is 1. The van der Waals surface area contributed by atoms with Crippen LogP contribution in [0.25, 0.3) is 0 Å². The van der Waals surface area contributed by atoms with Crippen molar-refractivity contribution in [2.75, 3.05) is 0 Å². The van der Waals surface area contributed by atoms with E-state index in [0.29, 0.717) is 5.92 Å². The standard InChI is InChI=1S/C16H25NO3.ClH/c1-11(2)10-15(13(4)19-16(18)12(3)17)20-14-8-6-5-7-9-14;/h5-9,11-13,15H,10,17H2,1-4H3;1H/t12-,13-,15+;/m0./s1. The maximum atomic E-state index is 11.6. The van der Waals surface area contributed by atoms with Gasteiger partial charge >= 0.3 is 5.97 Å². The molecule has 0 fully saturated rings. The molecule has 0 bridgehead atoms. The molecule has 0 spiro atoms. The summed E-state index contributed by atoms with van der Waals surface area (Å²) in [5, 5.41) is 0. The van der Waals surface area contributed by atoms with E-state index in [0.717, 1.165) is 12.2 Å². The van der Waals surface area contributed by atoms with Gasteiger partial charge in [-0.15, -0.1) is 12.4 Å². The van der Waals surface area contributed by atoms with Crippen LogP contribution in [-0.4, -0.2) is 24.2 Å². The van der Waals surface area contributed by atoms with Crippen LogP contribution in [0.4, 0.5) is 0 Å². The van der Waals surface area contributed by atoms with Crippen molar-refractivity contribution in [3.63, 3.8) is 0 Å². The van der Waals surface area contributed by atoms with Crippen molar-refractivity contribution in [2.45, 2.75) is 52.4 Å². The monoisotopic (exact) mass is 315 g/mol. The zero-order valence-electron chi connectivity index (χ0n) is 13.1. The number of ether oxygens (including phenoxy) is 2. The number of benzene rings is 1. The molecular formula is C16H26ClNO3. The van der Waals surface area contributed by atoms with Crippen molar-refractivity contribution < 1.29 is 14.3 Å². The van der Waals surface area contributed by atoms with E-state index in [9.17, 15) is 4.79 Å².